The first-order valence-electron chi connectivity index (χ1n) is 5.16. The average Bonchev–Trinajstić information content (AvgIpc) is 2.34. The number of thioether (sulfide) groups is 1. The summed E-state index contributed by atoms with van der Waals surface area (Å²) in [7, 11) is 1.65. The van der Waals surface area contributed by atoms with E-state index in [1.54, 1.807) is 7.11 Å². The third kappa shape index (κ3) is 4.14. The van der Waals surface area contributed by atoms with E-state index in [0.29, 0.717) is 5.88 Å². The van der Waals surface area contributed by atoms with E-state index in [4.69, 9.17) is 21.1 Å². The van der Waals surface area contributed by atoms with Gasteiger partial charge in [-0.05, 0) is 36.6 Å². The van der Waals surface area contributed by atoms with Crippen molar-refractivity contribution in [2.45, 2.75) is 12.3 Å². The molecule has 0 aliphatic heterocycles. The topological polar surface area (TPSA) is 18.5 Å². The van der Waals surface area contributed by atoms with E-state index in [-0.39, 0.29) is 0 Å². The Morgan fingerprint density at radius 2 is 2.19 bits per heavy atom. The van der Waals surface area contributed by atoms with Crippen LogP contribution in [0.4, 0.5) is 0 Å². The summed E-state index contributed by atoms with van der Waals surface area (Å²) >= 11 is 7.69. The lowest BCUT2D eigenvalue weighted by Crippen LogP contribution is -2.01. The molecule has 1 aromatic rings. The summed E-state index contributed by atoms with van der Waals surface area (Å²) in [5, 5.41) is 0. The van der Waals surface area contributed by atoms with E-state index in [1.165, 1.54) is 0 Å². The lowest BCUT2D eigenvalue weighted by atomic mass is 10.2. The molecule has 2 nitrogen and oxygen atoms in total. The highest BCUT2D eigenvalue weighted by molar-refractivity contribution is 7.98. The number of alkyl halides is 1. The molecule has 0 unspecified atom stereocenters. The van der Waals surface area contributed by atoms with Crippen LogP contribution in [0, 0.1) is 0 Å². The third-order valence-corrected chi connectivity index (χ3v) is 3.15. The summed E-state index contributed by atoms with van der Waals surface area (Å²) in [6.07, 6.45) is 3.15. The highest BCUT2D eigenvalue weighted by Gasteiger charge is 2.04. The molecule has 0 saturated heterocycles. The first-order chi connectivity index (χ1) is 7.81. The lowest BCUT2D eigenvalue weighted by Gasteiger charge is -2.11. The van der Waals surface area contributed by atoms with Crippen LogP contribution >= 0.6 is 23.4 Å². The first-order valence-corrected chi connectivity index (χ1v) is 7.09. The van der Waals surface area contributed by atoms with Crippen molar-refractivity contribution in [3.8, 4) is 11.5 Å². The lowest BCUT2D eigenvalue weighted by molar-refractivity contribution is 0.315. The Morgan fingerprint density at radius 1 is 1.38 bits per heavy atom. The molecule has 0 saturated carbocycles. The summed E-state index contributed by atoms with van der Waals surface area (Å²) in [6.45, 7) is 0.733. The fourth-order valence-electron chi connectivity index (χ4n) is 1.31. The van der Waals surface area contributed by atoms with Gasteiger partial charge in [0.25, 0.3) is 0 Å². The number of methoxy groups -OCH3 is 1. The van der Waals surface area contributed by atoms with Gasteiger partial charge < -0.3 is 9.47 Å². The summed E-state index contributed by atoms with van der Waals surface area (Å²) in [5.41, 5.74) is 0.977. The van der Waals surface area contributed by atoms with Crippen LogP contribution in [-0.4, -0.2) is 25.7 Å². The van der Waals surface area contributed by atoms with Crippen molar-refractivity contribution in [3.63, 3.8) is 0 Å². The molecular weight excluding hydrogens is 244 g/mol. The standard InChI is InChI=1S/C12H17ClO2S/c1-14-11-4-5-12(10(8-11)9-13)15-6-3-7-16-2/h4-5,8H,3,6-7,9H2,1-2H3. The maximum absolute atomic E-state index is 5.86. The van der Waals surface area contributed by atoms with Crippen LogP contribution in [0.25, 0.3) is 0 Å². The maximum atomic E-state index is 5.86. The van der Waals surface area contributed by atoms with Gasteiger partial charge in [0.05, 0.1) is 19.6 Å². The molecule has 1 rings (SSSR count). The summed E-state index contributed by atoms with van der Waals surface area (Å²) in [5.74, 6) is 3.23. The first kappa shape index (κ1) is 13.5. The van der Waals surface area contributed by atoms with E-state index in [1.807, 2.05) is 30.0 Å². The Kier molecular flexibility index (Phi) is 6.50. The molecule has 0 aliphatic rings. The molecule has 0 amide bonds. The van der Waals surface area contributed by atoms with Gasteiger partial charge in [0.2, 0.25) is 0 Å². The molecular formula is C12H17ClO2S. The number of rotatable bonds is 7. The molecule has 0 radical (unpaired) electrons. The van der Waals surface area contributed by atoms with Crippen LogP contribution in [0.5, 0.6) is 11.5 Å². The highest BCUT2D eigenvalue weighted by atomic mass is 35.5. The number of halogens is 1. The van der Waals surface area contributed by atoms with Gasteiger partial charge in [-0.25, -0.2) is 0 Å². The van der Waals surface area contributed by atoms with E-state index < -0.39 is 0 Å². The third-order valence-electron chi connectivity index (χ3n) is 2.16. The maximum Gasteiger partial charge on any atom is 0.123 e. The Labute approximate surface area is 106 Å². The van der Waals surface area contributed by atoms with Crippen molar-refractivity contribution in [1.29, 1.82) is 0 Å². The second-order valence-corrected chi connectivity index (χ2v) is 4.55. The van der Waals surface area contributed by atoms with Gasteiger partial charge in [-0.2, -0.15) is 11.8 Å². The molecule has 0 atom stereocenters. The van der Waals surface area contributed by atoms with Crippen molar-refractivity contribution in [3.05, 3.63) is 23.8 Å². The van der Waals surface area contributed by atoms with E-state index >= 15 is 0 Å². The predicted molar refractivity (Wildman–Crippen MR) is 71.0 cm³/mol. The normalized spacial score (nSPS) is 10.2. The van der Waals surface area contributed by atoms with Crippen molar-refractivity contribution in [2.24, 2.45) is 0 Å². The van der Waals surface area contributed by atoms with Crippen molar-refractivity contribution < 1.29 is 9.47 Å². The number of ether oxygens (including phenoxy) is 2. The van der Waals surface area contributed by atoms with E-state index in [0.717, 1.165) is 35.8 Å². The molecule has 90 valence electrons. The van der Waals surface area contributed by atoms with E-state index in [9.17, 15) is 0 Å². The molecule has 0 heterocycles. The molecule has 0 aromatic heterocycles. The summed E-state index contributed by atoms with van der Waals surface area (Å²) in [4.78, 5) is 0. The van der Waals surface area contributed by atoms with Gasteiger partial charge in [0, 0.05) is 5.56 Å². The monoisotopic (exact) mass is 260 g/mol. The van der Waals surface area contributed by atoms with Gasteiger partial charge in [0.1, 0.15) is 11.5 Å². The minimum Gasteiger partial charge on any atom is -0.497 e. The Balaban J connectivity index is 2.57. The smallest absolute Gasteiger partial charge is 0.123 e. The quantitative estimate of drug-likeness (QED) is 0.552. The van der Waals surface area contributed by atoms with Crippen LogP contribution in [0.3, 0.4) is 0 Å². The minimum atomic E-state index is 0.440. The molecule has 4 heteroatoms. The SMILES string of the molecule is COc1ccc(OCCCSC)c(CCl)c1. The zero-order valence-corrected chi connectivity index (χ0v) is 11.2. The Bertz CT molecular complexity index is 318. The number of benzene rings is 1. The van der Waals surface area contributed by atoms with Crippen molar-refractivity contribution >= 4 is 23.4 Å². The van der Waals surface area contributed by atoms with Gasteiger partial charge in [-0.1, -0.05) is 0 Å². The van der Waals surface area contributed by atoms with Crippen LogP contribution in [-0.2, 0) is 5.88 Å². The zero-order chi connectivity index (χ0) is 11.8. The summed E-state index contributed by atoms with van der Waals surface area (Å²) in [6, 6.07) is 5.71. The molecule has 1 aromatic carbocycles. The van der Waals surface area contributed by atoms with Gasteiger partial charge in [-0.15, -0.1) is 11.6 Å². The van der Waals surface area contributed by atoms with Crippen molar-refractivity contribution in [1.82, 2.24) is 0 Å². The van der Waals surface area contributed by atoms with E-state index in [2.05, 4.69) is 6.26 Å². The minimum absolute atomic E-state index is 0.440. The number of hydrogen-bond acceptors (Lipinski definition) is 3. The second kappa shape index (κ2) is 7.69. The fraction of sp³-hybridized carbons (Fsp3) is 0.500. The fourth-order valence-corrected chi connectivity index (χ4v) is 1.93. The van der Waals surface area contributed by atoms with Crippen LogP contribution in [0.15, 0.2) is 18.2 Å². The summed E-state index contributed by atoms with van der Waals surface area (Å²) < 4.78 is 10.8. The largest absolute Gasteiger partial charge is 0.497 e. The van der Waals surface area contributed by atoms with Crippen molar-refractivity contribution in [2.75, 3.05) is 25.7 Å². The average molecular weight is 261 g/mol. The molecule has 0 bridgehead atoms. The predicted octanol–water partition coefficient (Wildman–Crippen LogP) is 3.57. The number of hydrogen-bond donors (Lipinski definition) is 0. The second-order valence-electron chi connectivity index (χ2n) is 3.30. The molecule has 0 N–H and O–H groups in total. The molecule has 0 spiro atoms. The van der Waals surface area contributed by atoms with Gasteiger partial charge >= 0.3 is 0 Å². The molecule has 16 heavy (non-hydrogen) atoms. The molecule has 0 fully saturated rings. The van der Waals surface area contributed by atoms with Gasteiger partial charge in [-0.3, -0.25) is 0 Å². The van der Waals surface area contributed by atoms with Crippen LogP contribution in [0.1, 0.15) is 12.0 Å². The Hall–Kier alpha value is -0.540. The van der Waals surface area contributed by atoms with Crippen LogP contribution < -0.4 is 9.47 Å². The van der Waals surface area contributed by atoms with Gasteiger partial charge in [0.15, 0.2) is 0 Å². The zero-order valence-electron chi connectivity index (χ0n) is 9.66. The Morgan fingerprint density at radius 3 is 2.81 bits per heavy atom. The molecule has 0 aliphatic carbocycles. The van der Waals surface area contributed by atoms with Crippen LogP contribution in [0.2, 0.25) is 0 Å². The highest BCUT2D eigenvalue weighted by Crippen LogP contribution is 2.25.